The van der Waals surface area contributed by atoms with Crippen LogP contribution < -0.4 is 10.5 Å². The summed E-state index contributed by atoms with van der Waals surface area (Å²) in [5, 5.41) is 0. The van der Waals surface area contributed by atoms with Gasteiger partial charge in [0.15, 0.2) is 0 Å². The lowest BCUT2D eigenvalue weighted by molar-refractivity contribution is 0.180. The van der Waals surface area contributed by atoms with E-state index in [2.05, 4.69) is 4.72 Å². The zero-order chi connectivity index (χ0) is 14.0. The van der Waals surface area contributed by atoms with E-state index in [1.165, 1.54) is 12.1 Å². The highest BCUT2D eigenvalue weighted by Crippen LogP contribution is 2.20. The van der Waals surface area contributed by atoms with Crippen LogP contribution in [0.5, 0.6) is 0 Å². The molecular formula is C12H17FN2O3S. The molecule has 3 N–H and O–H groups in total. The summed E-state index contributed by atoms with van der Waals surface area (Å²) in [4.78, 5) is -0.120. The van der Waals surface area contributed by atoms with E-state index in [1.54, 1.807) is 6.92 Å². The van der Waals surface area contributed by atoms with Crippen LogP contribution in [0, 0.1) is 11.7 Å². The van der Waals surface area contributed by atoms with Crippen LogP contribution >= 0.6 is 0 Å². The second-order valence-corrected chi connectivity index (χ2v) is 6.43. The quantitative estimate of drug-likeness (QED) is 0.813. The molecule has 0 aromatic heterocycles. The van der Waals surface area contributed by atoms with Crippen molar-refractivity contribution in [3.05, 3.63) is 24.0 Å². The van der Waals surface area contributed by atoms with Gasteiger partial charge in [-0.25, -0.2) is 17.5 Å². The molecule has 106 valence electrons. The molecule has 2 unspecified atom stereocenters. The highest BCUT2D eigenvalue weighted by molar-refractivity contribution is 7.89. The summed E-state index contributed by atoms with van der Waals surface area (Å²) in [5.74, 6) is -0.590. The minimum absolute atomic E-state index is 0.0730. The fourth-order valence-electron chi connectivity index (χ4n) is 2.03. The molecule has 19 heavy (non-hydrogen) atoms. The van der Waals surface area contributed by atoms with Crippen LogP contribution in [0.1, 0.15) is 13.3 Å². The van der Waals surface area contributed by atoms with E-state index < -0.39 is 15.8 Å². The third-order valence-electron chi connectivity index (χ3n) is 3.30. The molecule has 7 heteroatoms. The van der Waals surface area contributed by atoms with Crippen LogP contribution in [0.25, 0.3) is 0 Å². The lowest BCUT2D eigenvalue weighted by atomic mass is 10.0. The van der Waals surface area contributed by atoms with Crippen LogP contribution in [0.2, 0.25) is 0 Å². The van der Waals surface area contributed by atoms with Crippen molar-refractivity contribution >= 4 is 15.7 Å². The summed E-state index contributed by atoms with van der Waals surface area (Å²) >= 11 is 0. The number of nitrogens with one attached hydrogen (secondary N) is 1. The number of benzene rings is 1. The van der Waals surface area contributed by atoms with E-state index in [-0.39, 0.29) is 22.5 Å². The number of halogens is 1. The maximum atomic E-state index is 13.3. The van der Waals surface area contributed by atoms with Crippen molar-refractivity contribution in [2.24, 2.45) is 5.92 Å². The number of hydrogen-bond donors (Lipinski definition) is 2. The first-order valence-electron chi connectivity index (χ1n) is 6.05. The third kappa shape index (κ3) is 3.23. The molecule has 1 heterocycles. The van der Waals surface area contributed by atoms with Crippen molar-refractivity contribution in [3.63, 3.8) is 0 Å². The largest absolute Gasteiger partial charge is 0.396 e. The molecule has 0 spiro atoms. The number of nitrogens with two attached hydrogens (primary N) is 1. The maximum Gasteiger partial charge on any atom is 0.240 e. The molecule has 1 aromatic rings. The Kier molecular flexibility index (Phi) is 4.07. The molecule has 1 aliphatic heterocycles. The maximum absolute atomic E-state index is 13.3. The van der Waals surface area contributed by atoms with E-state index in [4.69, 9.17) is 10.5 Å². The SMILES string of the molecule is CC(NS(=O)(=O)c1ccc(N)c(F)c1)C1CCOC1. The summed E-state index contributed by atoms with van der Waals surface area (Å²) in [5.41, 5.74) is 5.25. The van der Waals surface area contributed by atoms with Crippen LogP contribution in [0.15, 0.2) is 23.1 Å². The van der Waals surface area contributed by atoms with Crippen molar-refractivity contribution in [1.29, 1.82) is 0 Å². The van der Waals surface area contributed by atoms with Gasteiger partial charge in [0.2, 0.25) is 10.0 Å². The van der Waals surface area contributed by atoms with Crippen molar-refractivity contribution in [2.75, 3.05) is 18.9 Å². The van der Waals surface area contributed by atoms with E-state index >= 15 is 0 Å². The van der Waals surface area contributed by atoms with Crippen molar-refractivity contribution in [1.82, 2.24) is 4.72 Å². The highest BCUT2D eigenvalue weighted by atomic mass is 32.2. The lowest BCUT2D eigenvalue weighted by Crippen LogP contribution is -2.38. The van der Waals surface area contributed by atoms with Gasteiger partial charge in [0.25, 0.3) is 0 Å². The Balaban J connectivity index is 2.15. The molecule has 5 nitrogen and oxygen atoms in total. The van der Waals surface area contributed by atoms with Gasteiger partial charge >= 0.3 is 0 Å². The normalized spacial score (nSPS) is 21.5. The van der Waals surface area contributed by atoms with Gasteiger partial charge < -0.3 is 10.5 Å². The number of anilines is 1. The van der Waals surface area contributed by atoms with Crippen LogP contribution in [-0.2, 0) is 14.8 Å². The average molecular weight is 288 g/mol. The number of hydrogen-bond acceptors (Lipinski definition) is 4. The van der Waals surface area contributed by atoms with Gasteiger partial charge in [-0.1, -0.05) is 0 Å². The Morgan fingerprint density at radius 3 is 2.84 bits per heavy atom. The topological polar surface area (TPSA) is 81.4 Å². The van der Waals surface area contributed by atoms with Crippen molar-refractivity contribution in [3.8, 4) is 0 Å². The minimum atomic E-state index is -3.74. The van der Waals surface area contributed by atoms with Crippen LogP contribution in [-0.4, -0.2) is 27.7 Å². The molecule has 0 radical (unpaired) electrons. The number of nitrogen functional groups attached to an aromatic ring is 1. The Hall–Kier alpha value is -1.18. The van der Waals surface area contributed by atoms with Gasteiger partial charge in [0.1, 0.15) is 5.82 Å². The fraction of sp³-hybridized carbons (Fsp3) is 0.500. The fourth-order valence-corrected chi connectivity index (χ4v) is 3.35. The molecule has 2 rings (SSSR count). The molecule has 2 atom stereocenters. The Morgan fingerprint density at radius 2 is 2.26 bits per heavy atom. The smallest absolute Gasteiger partial charge is 0.240 e. The van der Waals surface area contributed by atoms with Gasteiger partial charge in [0.05, 0.1) is 17.2 Å². The summed E-state index contributed by atoms with van der Waals surface area (Å²) in [6.45, 7) is 2.97. The Labute approximate surface area is 112 Å². The molecule has 1 aromatic carbocycles. The van der Waals surface area contributed by atoms with Gasteiger partial charge in [-0.3, -0.25) is 0 Å². The summed E-state index contributed by atoms with van der Waals surface area (Å²) < 4.78 is 45.3. The highest BCUT2D eigenvalue weighted by Gasteiger charge is 2.27. The second kappa shape index (κ2) is 5.44. The standard InChI is InChI=1S/C12H17FN2O3S/c1-8(9-4-5-18-7-9)15-19(16,17)10-2-3-12(14)11(13)6-10/h2-3,6,8-9,15H,4-5,7,14H2,1H3. The van der Waals surface area contributed by atoms with Crippen molar-refractivity contribution < 1.29 is 17.5 Å². The zero-order valence-electron chi connectivity index (χ0n) is 10.6. The second-order valence-electron chi connectivity index (χ2n) is 4.72. The average Bonchev–Trinajstić information content (AvgIpc) is 2.85. The summed E-state index contributed by atoms with van der Waals surface area (Å²) in [6.07, 6.45) is 0.819. The number of sulfonamides is 1. The van der Waals surface area contributed by atoms with E-state index in [1.807, 2.05) is 0 Å². The Bertz CT molecular complexity index is 556. The molecule has 0 amide bonds. The first-order valence-corrected chi connectivity index (χ1v) is 7.53. The molecule has 1 saturated heterocycles. The van der Waals surface area contributed by atoms with E-state index in [0.717, 1.165) is 12.5 Å². The third-order valence-corrected chi connectivity index (χ3v) is 4.85. The lowest BCUT2D eigenvalue weighted by Gasteiger charge is -2.19. The number of rotatable bonds is 4. The predicted octanol–water partition coefficient (Wildman–Crippen LogP) is 1.11. The molecule has 0 aliphatic carbocycles. The molecular weight excluding hydrogens is 271 g/mol. The summed E-state index contributed by atoms with van der Waals surface area (Å²) in [6, 6.07) is 3.20. The summed E-state index contributed by atoms with van der Waals surface area (Å²) in [7, 11) is -3.74. The molecule has 1 fully saturated rings. The monoisotopic (exact) mass is 288 g/mol. The van der Waals surface area contributed by atoms with Gasteiger partial charge in [-0.2, -0.15) is 0 Å². The Morgan fingerprint density at radius 1 is 1.53 bits per heavy atom. The van der Waals surface area contributed by atoms with E-state index in [9.17, 15) is 12.8 Å². The van der Waals surface area contributed by atoms with Crippen molar-refractivity contribution in [2.45, 2.75) is 24.3 Å². The predicted molar refractivity (Wildman–Crippen MR) is 69.5 cm³/mol. The molecule has 1 aliphatic rings. The van der Waals surface area contributed by atoms with Gasteiger partial charge in [-0.15, -0.1) is 0 Å². The van der Waals surface area contributed by atoms with Crippen LogP contribution in [0.3, 0.4) is 0 Å². The first kappa shape index (κ1) is 14.2. The molecule has 0 bridgehead atoms. The first-order chi connectivity index (χ1) is 8.90. The zero-order valence-corrected chi connectivity index (χ0v) is 11.4. The minimum Gasteiger partial charge on any atom is -0.396 e. The van der Waals surface area contributed by atoms with Gasteiger partial charge in [-0.05, 0) is 31.5 Å². The van der Waals surface area contributed by atoms with Crippen LogP contribution in [0.4, 0.5) is 10.1 Å². The van der Waals surface area contributed by atoms with E-state index in [0.29, 0.717) is 13.2 Å². The van der Waals surface area contributed by atoms with Gasteiger partial charge in [0, 0.05) is 18.6 Å². The number of ether oxygens (including phenoxy) is 1. The molecule has 0 saturated carbocycles.